The molecule has 0 bridgehead atoms. The van der Waals surface area contributed by atoms with E-state index in [1.165, 1.54) is 0 Å². The Morgan fingerprint density at radius 3 is 2.42 bits per heavy atom. The highest BCUT2D eigenvalue weighted by Gasteiger charge is 2.10. The molecule has 2 aromatic carbocycles. The first kappa shape index (κ1) is 12.0. The molecule has 2 nitrogen and oxygen atoms in total. The summed E-state index contributed by atoms with van der Waals surface area (Å²) in [5.41, 5.74) is 2.29. The number of benzene rings is 2. The normalized spacial score (nSPS) is 10.8. The van der Waals surface area contributed by atoms with Gasteiger partial charge in [-0.1, -0.05) is 48.0 Å². The second-order valence-corrected chi connectivity index (χ2v) is 4.87. The van der Waals surface area contributed by atoms with Crippen molar-refractivity contribution >= 4 is 22.5 Å². The molecule has 0 atom stereocenters. The molecule has 3 aromatic rings. The number of hydrogen-bond acceptors (Lipinski definition) is 1. The van der Waals surface area contributed by atoms with Gasteiger partial charge in [0.1, 0.15) is 0 Å². The van der Waals surface area contributed by atoms with Crippen molar-refractivity contribution in [3.8, 4) is 11.1 Å². The van der Waals surface area contributed by atoms with Crippen LogP contribution in [0.3, 0.4) is 0 Å². The van der Waals surface area contributed by atoms with Crippen LogP contribution >= 0.6 is 11.6 Å². The lowest BCUT2D eigenvalue weighted by Gasteiger charge is -2.09. The molecule has 0 saturated heterocycles. The minimum absolute atomic E-state index is 0.0354. The smallest absolute Gasteiger partial charge is 0.258 e. The molecule has 0 aliphatic carbocycles. The van der Waals surface area contributed by atoms with E-state index in [1.807, 2.05) is 48.5 Å². The fraction of sp³-hybridized carbons (Fsp3) is 0.0625. The van der Waals surface area contributed by atoms with Gasteiger partial charge in [0.2, 0.25) is 0 Å². The molecular weight excluding hydrogens is 258 g/mol. The van der Waals surface area contributed by atoms with Crippen molar-refractivity contribution in [3.63, 3.8) is 0 Å². The lowest BCUT2D eigenvalue weighted by atomic mass is 10.0. The van der Waals surface area contributed by atoms with E-state index in [-0.39, 0.29) is 5.56 Å². The Kier molecular flexibility index (Phi) is 2.88. The van der Waals surface area contributed by atoms with Crippen molar-refractivity contribution in [2.75, 3.05) is 0 Å². The highest BCUT2D eigenvalue weighted by Crippen LogP contribution is 2.27. The van der Waals surface area contributed by atoms with E-state index < -0.39 is 0 Å². The van der Waals surface area contributed by atoms with Crippen LogP contribution < -0.4 is 5.56 Å². The standard InChI is InChI=1S/C16H12ClNO/c1-18-15-9-5-2-6-11(15)10-13(16(18)19)12-7-3-4-8-14(12)17/h2-10H,1H3. The number of nitrogens with zero attached hydrogens (tertiary/aromatic N) is 1. The van der Waals surface area contributed by atoms with E-state index in [1.54, 1.807) is 17.7 Å². The number of hydrogen-bond donors (Lipinski definition) is 0. The van der Waals surface area contributed by atoms with Gasteiger partial charge in [-0.05, 0) is 23.6 Å². The van der Waals surface area contributed by atoms with Crippen LogP contribution in [0.2, 0.25) is 5.02 Å². The van der Waals surface area contributed by atoms with Crippen LogP contribution in [0.25, 0.3) is 22.0 Å². The lowest BCUT2D eigenvalue weighted by Crippen LogP contribution is -2.18. The van der Waals surface area contributed by atoms with E-state index >= 15 is 0 Å². The zero-order valence-electron chi connectivity index (χ0n) is 10.4. The second kappa shape index (κ2) is 4.56. The van der Waals surface area contributed by atoms with Gasteiger partial charge in [-0.3, -0.25) is 4.79 Å². The van der Waals surface area contributed by atoms with E-state index in [2.05, 4.69) is 0 Å². The molecule has 0 N–H and O–H groups in total. The first-order valence-corrected chi connectivity index (χ1v) is 6.40. The Bertz CT molecular complexity index is 820. The average molecular weight is 270 g/mol. The number of aromatic nitrogens is 1. The maximum Gasteiger partial charge on any atom is 0.258 e. The Labute approximate surface area is 115 Å². The molecule has 0 aliphatic rings. The van der Waals surface area contributed by atoms with Crippen molar-refractivity contribution < 1.29 is 0 Å². The van der Waals surface area contributed by atoms with Gasteiger partial charge >= 0.3 is 0 Å². The summed E-state index contributed by atoms with van der Waals surface area (Å²) in [6, 6.07) is 17.1. The number of rotatable bonds is 1. The first-order valence-electron chi connectivity index (χ1n) is 6.02. The van der Waals surface area contributed by atoms with Crippen LogP contribution in [0, 0.1) is 0 Å². The Balaban J connectivity index is 2.40. The zero-order valence-corrected chi connectivity index (χ0v) is 11.2. The summed E-state index contributed by atoms with van der Waals surface area (Å²) >= 11 is 6.19. The molecule has 19 heavy (non-hydrogen) atoms. The first-order chi connectivity index (χ1) is 9.18. The summed E-state index contributed by atoms with van der Waals surface area (Å²) in [6.07, 6.45) is 0. The van der Waals surface area contributed by atoms with Crippen molar-refractivity contribution in [1.82, 2.24) is 4.57 Å². The molecular formula is C16H12ClNO. The molecule has 0 amide bonds. The number of fused-ring (bicyclic) bond motifs is 1. The molecule has 0 spiro atoms. The van der Waals surface area contributed by atoms with E-state index in [9.17, 15) is 4.79 Å². The third kappa shape index (κ3) is 1.94. The van der Waals surface area contributed by atoms with E-state index in [0.717, 1.165) is 16.5 Å². The molecule has 1 heterocycles. The molecule has 3 rings (SSSR count). The van der Waals surface area contributed by atoms with Gasteiger partial charge in [0.05, 0.1) is 5.52 Å². The van der Waals surface area contributed by atoms with Crippen LogP contribution in [0.4, 0.5) is 0 Å². The summed E-state index contributed by atoms with van der Waals surface area (Å²) in [6.45, 7) is 0. The Hall–Kier alpha value is -2.06. The molecule has 3 heteroatoms. The van der Waals surface area contributed by atoms with Crippen molar-refractivity contribution in [3.05, 3.63) is 70.0 Å². The molecule has 94 valence electrons. The summed E-state index contributed by atoms with van der Waals surface area (Å²) in [5.74, 6) is 0. The van der Waals surface area contributed by atoms with Gasteiger partial charge in [-0.25, -0.2) is 0 Å². The topological polar surface area (TPSA) is 22.0 Å². The van der Waals surface area contributed by atoms with Gasteiger partial charge in [0, 0.05) is 23.2 Å². The number of para-hydroxylation sites is 1. The summed E-state index contributed by atoms with van der Waals surface area (Å²) in [7, 11) is 1.78. The van der Waals surface area contributed by atoms with Gasteiger partial charge in [-0.2, -0.15) is 0 Å². The SMILES string of the molecule is Cn1c(=O)c(-c2ccccc2Cl)cc2ccccc21. The molecule has 1 aromatic heterocycles. The predicted octanol–water partition coefficient (Wildman–Crippen LogP) is 3.86. The number of aryl methyl sites for hydroxylation is 1. The van der Waals surface area contributed by atoms with Crippen LogP contribution in [0.15, 0.2) is 59.4 Å². The van der Waals surface area contributed by atoms with Crippen LogP contribution in [-0.4, -0.2) is 4.57 Å². The summed E-state index contributed by atoms with van der Waals surface area (Å²) in [5, 5.41) is 1.62. The van der Waals surface area contributed by atoms with E-state index in [4.69, 9.17) is 11.6 Å². The zero-order chi connectivity index (χ0) is 13.4. The van der Waals surface area contributed by atoms with Gasteiger partial charge < -0.3 is 4.57 Å². The van der Waals surface area contributed by atoms with Crippen LogP contribution in [0.5, 0.6) is 0 Å². The summed E-state index contributed by atoms with van der Waals surface area (Å²) < 4.78 is 1.66. The summed E-state index contributed by atoms with van der Waals surface area (Å²) in [4.78, 5) is 12.4. The molecule has 0 radical (unpaired) electrons. The van der Waals surface area contributed by atoms with Gasteiger partial charge in [0.25, 0.3) is 5.56 Å². The minimum atomic E-state index is -0.0354. The second-order valence-electron chi connectivity index (χ2n) is 4.46. The van der Waals surface area contributed by atoms with Crippen molar-refractivity contribution in [2.45, 2.75) is 0 Å². The third-order valence-corrected chi connectivity index (χ3v) is 3.63. The fourth-order valence-corrected chi connectivity index (χ4v) is 2.53. The van der Waals surface area contributed by atoms with Crippen molar-refractivity contribution in [1.29, 1.82) is 0 Å². The molecule has 0 unspecified atom stereocenters. The van der Waals surface area contributed by atoms with Gasteiger partial charge in [-0.15, -0.1) is 0 Å². The van der Waals surface area contributed by atoms with Crippen LogP contribution in [-0.2, 0) is 7.05 Å². The Morgan fingerprint density at radius 1 is 0.947 bits per heavy atom. The highest BCUT2D eigenvalue weighted by molar-refractivity contribution is 6.33. The van der Waals surface area contributed by atoms with Crippen LogP contribution in [0.1, 0.15) is 0 Å². The Morgan fingerprint density at radius 2 is 1.63 bits per heavy atom. The van der Waals surface area contributed by atoms with E-state index in [0.29, 0.717) is 10.6 Å². The quantitative estimate of drug-likeness (QED) is 0.657. The maximum atomic E-state index is 12.4. The van der Waals surface area contributed by atoms with Gasteiger partial charge in [0.15, 0.2) is 0 Å². The number of halogens is 1. The monoisotopic (exact) mass is 269 g/mol. The maximum absolute atomic E-state index is 12.4. The lowest BCUT2D eigenvalue weighted by molar-refractivity contribution is 0.909. The number of pyridine rings is 1. The largest absolute Gasteiger partial charge is 0.311 e. The molecule has 0 saturated carbocycles. The average Bonchev–Trinajstić information content (AvgIpc) is 2.44. The molecule has 0 fully saturated rings. The minimum Gasteiger partial charge on any atom is -0.311 e. The molecule has 0 aliphatic heterocycles. The fourth-order valence-electron chi connectivity index (χ4n) is 2.29. The van der Waals surface area contributed by atoms with Crippen molar-refractivity contribution in [2.24, 2.45) is 7.05 Å². The predicted molar refractivity (Wildman–Crippen MR) is 79.6 cm³/mol. The highest BCUT2D eigenvalue weighted by atomic mass is 35.5. The third-order valence-electron chi connectivity index (χ3n) is 3.30.